The van der Waals surface area contributed by atoms with Crippen LogP contribution in [0.25, 0.3) is 92.6 Å². The summed E-state index contributed by atoms with van der Waals surface area (Å²) in [5, 5.41) is 4.86. The van der Waals surface area contributed by atoms with Crippen molar-refractivity contribution in [3.8, 4) is 33.8 Å². The molecule has 0 saturated carbocycles. The summed E-state index contributed by atoms with van der Waals surface area (Å²) < 4.78 is 9.41. The molecule has 15 rings (SSSR count). The number of hydrogen-bond acceptors (Lipinski definition) is 5. The number of thiophene rings is 1. The molecule has 0 amide bonds. The average Bonchev–Trinajstić information content (AvgIpc) is 4.14. The standard InChI is InChI=1S/C60H38N2OS2/c1-59-30-29-35(32-48(59)39-15-6-11-24-54(39)65-59)50-33-49(34-25-28-53-43(31-34)37-14-5-10-23-52(37)64-53)61-58(62-50)42-18-12-21-46-55(42)40-16-2-7-19-44(40)60(46)45-20-8-3-17-41(45)56-47(60)27-26-38-36-13-4-9-22-51(36)63-57(38)56/h3-6,8-29,31-33H,2,7,30H2,1H3. The number of benzene rings is 7. The van der Waals surface area contributed by atoms with Crippen molar-refractivity contribution in [3.63, 3.8) is 0 Å². The van der Waals surface area contributed by atoms with Crippen molar-refractivity contribution in [2.45, 2.75) is 41.2 Å². The van der Waals surface area contributed by atoms with Crippen LogP contribution >= 0.6 is 23.1 Å². The lowest BCUT2D eigenvalue weighted by Gasteiger charge is -2.31. The third kappa shape index (κ3) is 4.82. The molecule has 0 radical (unpaired) electrons. The molecule has 5 aliphatic rings. The van der Waals surface area contributed by atoms with E-state index in [9.17, 15) is 0 Å². The van der Waals surface area contributed by atoms with Crippen LogP contribution in [0.3, 0.4) is 0 Å². The molecule has 1 aliphatic heterocycles. The number of nitrogens with zero attached hydrogens (tertiary/aromatic N) is 2. The van der Waals surface area contributed by atoms with Crippen LogP contribution < -0.4 is 0 Å². The minimum atomic E-state index is -0.517. The van der Waals surface area contributed by atoms with Gasteiger partial charge in [-0.1, -0.05) is 133 Å². The van der Waals surface area contributed by atoms with E-state index in [2.05, 4.69) is 183 Å². The highest BCUT2D eigenvalue weighted by atomic mass is 32.2. The topological polar surface area (TPSA) is 38.9 Å². The molecular weight excluding hydrogens is 829 g/mol. The van der Waals surface area contributed by atoms with Crippen molar-refractivity contribution in [3.05, 3.63) is 215 Å². The lowest BCUT2D eigenvalue weighted by molar-refractivity contribution is 0.669. The number of allylic oxidation sites excluding steroid dienone is 7. The van der Waals surface area contributed by atoms with Crippen LogP contribution in [-0.2, 0) is 5.41 Å². The van der Waals surface area contributed by atoms with Gasteiger partial charge in [-0.3, -0.25) is 0 Å². The van der Waals surface area contributed by atoms with Crippen molar-refractivity contribution < 1.29 is 4.42 Å². The second-order valence-corrected chi connectivity index (χ2v) is 21.0. The van der Waals surface area contributed by atoms with Gasteiger partial charge in [0.2, 0.25) is 0 Å². The van der Waals surface area contributed by atoms with E-state index in [1.165, 1.54) is 80.7 Å². The SMILES string of the molecule is CC12CC=C(c3cc(-c4ccc5sc6ccccc6c5c4)nc(-c4cccc5c4C4=CCCC=C4C54c5ccccc5-c5c4ccc4c5oc5ccccc54)n3)C=C1c1ccccc1S2. The Hall–Kier alpha value is -7.05. The smallest absolute Gasteiger partial charge is 0.161 e. The summed E-state index contributed by atoms with van der Waals surface area (Å²) in [6.07, 6.45) is 12.7. The molecule has 0 fully saturated rings. The second-order valence-electron chi connectivity index (χ2n) is 18.3. The van der Waals surface area contributed by atoms with Crippen molar-refractivity contribution in [2.24, 2.45) is 0 Å². The Balaban J connectivity index is 0.983. The molecule has 1 spiro atoms. The lowest BCUT2D eigenvalue weighted by Crippen LogP contribution is -2.26. The summed E-state index contributed by atoms with van der Waals surface area (Å²) in [7, 11) is 0. The molecule has 4 heterocycles. The molecule has 2 atom stereocenters. The van der Waals surface area contributed by atoms with Gasteiger partial charge in [0.1, 0.15) is 11.2 Å². The number of para-hydroxylation sites is 1. The average molecular weight is 867 g/mol. The molecule has 65 heavy (non-hydrogen) atoms. The normalized spacial score (nSPS) is 20.0. The van der Waals surface area contributed by atoms with E-state index in [0.29, 0.717) is 0 Å². The Bertz CT molecular complexity index is 3930. The molecule has 0 saturated heterocycles. The van der Waals surface area contributed by atoms with E-state index in [0.717, 1.165) is 75.1 Å². The Morgan fingerprint density at radius 1 is 0.554 bits per heavy atom. The van der Waals surface area contributed by atoms with Crippen LogP contribution in [0.2, 0.25) is 0 Å². The zero-order chi connectivity index (χ0) is 42.6. The first-order valence-electron chi connectivity index (χ1n) is 22.7. The first kappa shape index (κ1) is 36.3. The number of furan rings is 1. The van der Waals surface area contributed by atoms with Crippen molar-refractivity contribution in [1.82, 2.24) is 9.97 Å². The molecule has 2 unspecified atom stereocenters. The molecule has 0 bridgehead atoms. The highest BCUT2D eigenvalue weighted by Gasteiger charge is 2.55. The van der Waals surface area contributed by atoms with E-state index >= 15 is 0 Å². The van der Waals surface area contributed by atoms with Gasteiger partial charge >= 0.3 is 0 Å². The fraction of sp³-hybridized carbons (Fsp3) is 0.100. The predicted octanol–water partition coefficient (Wildman–Crippen LogP) is 16.2. The summed E-state index contributed by atoms with van der Waals surface area (Å²) >= 11 is 3.84. The fourth-order valence-electron chi connectivity index (χ4n) is 12.1. The molecule has 3 aromatic heterocycles. The van der Waals surface area contributed by atoms with E-state index in [1.807, 2.05) is 23.1 Å². The van der Waals surface area contributed by atoms with Crippen molar-refractivity contribution in [2.75, 3.05) is 0 Å². The van der Waals surface area contributed by atoms with Gasteiger partial charge in [-0.2, -0.15) is 0 Å². The van der Waals surface area contributed by atoms with E-state index in [-0.39, 0.29) is 4.75 Å². The van der Waals surface area contributed by atoms with Crippen molar-refractivity contribution >= 4 is 81.9 Å². The third-order valence-corrected chi connectivity index (χ3v) is 17.4. The Morgan fingerprint density at radius 3 is 2.26 bits per heavy atom. The summed E-state index contributed by atoms with van der Waals surface area (Å²) in [6.45, 7) is 2.39. The van der Waals surface area contributed by atoms with Crippen LogP contribution in [0.1, 0.15) is 59.7 Å². The number of aromatic nitrogens is 2. The van der Waals surface area contributed by atoms with E-state index < -0.39 is 5.41 Å². The van der Waals surface area contributed by atoms with Gasteiger partial charge in [-0.05, 0) is 124 Å². The molecule has 3 nitrogen and oxygen atoms in total. The van der Waals surface area contributed by atoms with Gasteiger partial charge in [-0.15, -0.1) is 23.1 Å². The number of rotatable bonds is 3. The molecule has 5 heteroatoms. The van der Waals surface area contributed by atoms with Gasteiger partial charge in [0.25, 0.3) is 0 Å². The number of thioether (sulfide) groups is 1. The minimum absolute atomic E-state index is 0.0104. The largest absolute Gasteiger partial charge is 0.455 e. The highest BCUT2D eigenvalue weighted by Crippen LogP contribution is 2.66. The first-order chi connectivity index (χ1) is 32.0. The van der Waals surface area contributed by atoms with Crippen LogP contribution in [0, 0.1) is 0 Å². The number of hydrogen-bond donors (Lipinski definition) is 0. The fourth-order valence-corrected chi connectivity index (χ4v) is 14.5. The maximum atomic E-state index is 6.83. The highest BCUT2D eigenvalue weighted by molar-refractivity contribution is 8.01. The maximum Gasteiger partial charge on any atom is 0.161 e. The van der Waals surface area contributed by atoms with Crippen LogP contribution in [-0.4, -0.2) is 14.7 Å². The zero-order valence-corrected chi connectivity index (χ0v) is 37.1. The summed E-state index contributed by atoms with van der Waals surface area (Å²) in [6, 6.07) is 55.8. The Kier molecular flexibility index (Phi) is 7.28. The van der Waals surface area contributed by atoms with Gasteiger partial charge in [0.05, 0.1) is 16.8 Å². The van der Waals surface area contributed by atoms with Gasteiger partial charge < -0.3 is 4.42 Å². The van der Waals surface area contributed by atoms with Crippen LogP contribution in [0.15, 0.2) is 191 Å². The summed E-state index contributed by atoms with van der Waals surface area (Å²) in [5.74, 6) is 0.751. The van der Waals surface area contributed by atoms with E-state index in [4.69, 9.17) is 14.4 Å². The van der Waals surface area contributed by atoms with Gasteiger partial charge in [-0.25, -0.2) is 9.97 Å². The lowest BCUT2D eigenvalue weighted by atomic mass is 9.69. The molecule has 306 valence electrons. The Morgan fingerprint density at radius 2 is 1.31 bits per heavy atom. The maximum absolute atomic E-state index is 6.83. The molecule has 7 aromatic carbocycles. The van der Waals surface area contributed by atoms with Crippen LogP contribution in [0.4, 0.5) is 0 Å². The van der Waals surface area contributed by atoms with Gasteiger partial charge in [0, 0.05) is 57.3 Å². The van der Waals surface area contributed by atoms with Crippen molar-refractivity contribution in [1.29, 1.82) is 0 Å². The molecule has 4 aliphatic carbocycles. The van der Waals surface area contributed by atoms with E-state index in [1.54, 1.807) is 0 Å². The number of fused-ring (bicyclic) bond motifs is 20. The first-order valence-corrected chi connectivity index (χ1v) is 24.3. The third-order valence-electron chi connectivity index (χ3n) is 14.9. The Labute approximate surface area is 384 Å². The molecule has 10 aromatic rings. The minimum Gasteiger partial charge on any atom is -0.455 e. The summed E-state index contributed by atoms with van der Waals surface area (Å²) in [4.78, 5) is 12.6. The predicted molar refractivity (Wildman–Crippen MR) is 271 cm³/mol. The molecule has 0 N–H and O–H groups in total. The van der Waals surface area contributed by atoms with Crippen LogP contribution in [0.5, 0.6) is 0 Å². The summed E-state index contributed by atoms with van der Waals surface area (Å²) in [5.41, 5.74) is 19.5. The quantitative estimate of drug-likeness (QED) is 0.177. The second kappa shape index (κ2) is 13.0. The van der Waals surface area contributed by atoms with Gasteiger partial charge in [0.15, 0.2) is 5.82 Å². The zero-order valence-electron chi connectivity index (χ0n) is 35.5. The molecular formula is C60H38N2OS2. The monoisotopic (exact) mass is 866 g/mol.